The quantitative estimate of drug-likeness (QED) is 0.825. The number of amides is 1. The average molecular weight is 358 g/mol. The molecule has 2 aliphatic heterocycles. The number of hydrogen-bond donors (Lipinski definition) is 0. The van der Waals surface area contributed by atoms with Crippen molar-refractivity contribution in [1.82, 2.24) is 9.88 Å². The molecule has 132 valence electrons. The van der Waals surface area contributed by atoms with Gasteiger partial charge in [-0.25, -0.2) is 0 Å². The lowest BCUT2D eigenvalue weighted by atomic mass is 9.77. The van der Waals surface area contributed by atoms with Gasteiger partial charge in [-0.1, -0.05) is 0 Å². The van der Waals surface area contributed by atoms with Crippen molar-refractivity contribution in [1.29, 1.82) is 0 Å². The summed E-state index contributed by atoms with van der Waals surface area (Å²) in [6.45, 7) is 2.78. The summed E-state index contributed by atoms with van der Waals surface area (Å²) < 4.78 is 12.0. The van der Waals surface area contributed by atoms with Gasteiger partial charge >= 0.3 is 0 Å². The highest BCUT2D eigenvalue weighted by Gasteiger charge is 2.49. The number of carbonyl (C=O) groups is 1. The van der Waals surface area contributed by atoms with E-state index >= 15 is 0 Å². The lowest BCUT2D eigenvalue weighted by Gasteiger charge is -2.43. The maximum absolute atomic E-state index is 12.7. The molecular weight excluding hydrogens is 336 g/mol. The first-order valence-corrected chi connectivity index (χ1v) is 9.63. The van der Waals surface area contributed by atoms with Gasteiger partial charge in [-0.3, -0.25) is 9.78 Å². The average Bonchev–Trinajstić information content (AvgIpc) is 3.30. The monoisotopic (exact) mass is 358 g/mol. The molecule has 0 saturated carbocycles. The minimum atomic E-state index is -0.113. The molecule has 0 radical (unpaired) electrons. The van der Waals surface area contributed by atoms with E-state index in [0.29, 0.717) is 19.6 Å². The molecule has 1 amide bonds. The Morgan fingerprint density at radius 2 is 2.44 bits per heavy atom. The van der Waals surface area contributed by atoms with Gasteiger partial charge in [-0.2, -0.15) is 11.3 Å². The molecule has 0 bridgehead atoms. The van der Waals surface area contributed by atoms with E-state index in [4.69, 9.17) is 9.47 Å². The fourth-order valence-electron chi connectivity index (χ4n) is 3.81. The molecule has 2 saturated heterocycles. The fourth-order valence-corrected chi connectivity index (χ4v) is 4.48. The number of fused-ring (bicyclic) bond motifs is 1. The Morgan fingerprint density at radius 3 is 3.24 bits per heavy atom. The molecule has 5 nitrogen and oxygen atoms in total. The number of hydrogen-bond acceptors (Lipinski definition) is 5. The molecular formula is C19H22N2O3S. The maximum Gasteiger partial charge on any atom is 0.227 e. The fraction of sp³-hybridized carbons (Fsp3) is 0.474. The number of piperidine rings is 1. The molecule has 0 N–H and O–H groups in total. The van der Waals surface area contributed by atoms with Gasteiger partial charge in [-0.05, 0) is 47.4 Å². The highest BCUT2D eigenvalue weighted by Crippen LogP contribution is 2.41. The van der Waals surface area contributed by atoms with Crippen LogP contribution in [0.3, 0.4) is 0 Å². The van der Waals surface area contributed by atoms with E-state index in [1.165, 1.54) is 0 Å². The smallest absolute Gasteiger partial charge is 0.227 e. The molecule has 0 unspecified atom stereocenters. The molecule has 2 fully saturated rings. The van der Waals surface area contributed by atoms with Crippen molar-refractivity contribution in [3.63, 3.8) is 0 Å². The molecule has 2 aromatic heterocycles. The van der Waals surface area contributed by atoms with Crippen molar-refractivity contribution in [2.75, 3.05) is 26.3 Å². The molecule has 2 aromatic rings. The molecule has 4 rings (SSSR count). The zero-order valence-electron chi connectivity index (χ0n) is 14.1. The van der Waals surface area contributed by atoms with E-state index < -0.39 is 0 Å². The lowest BCUT2D eigenvalue weighted by molar-refractivity contribution is -0.137. The van der Waals surface area contributed by atoms with Gasteiger partial charge < -0.3 is 14.4 Å². The van der Waals surface area contributed by atoms with Gasteiger partial charge in [0, 0.05) is 25.9 Å². The second-order valence-corrected chi connectivity index (χ2v) is 7.64. The lowest BCUT2D eigenvalue weighted by Crippen LogP contribution is -2.54. The number of nitrogens with zero attached hydrogens (tertiary/aromatic N) is 2. The summed E-state index contributed by atoms with van der Waals surface area (Å²) in [5.74, 6) is 0.966. The van der Waals surface area contributed by atoms with E-state index in [1.54, 1.807) is 23.7 Å². The first kappa shape index (κ1) is 16.5. The van der Waals surface area contributed by atoms with Crippen LogP contribution in [-0.4, -0.2) is 48.2 Å². The van der Waals surface area contributed by atoms with Crippen LogP contribution in [0.2, 0.25) is 0 Å². The normalized spacial score (nSPS) is 25.6. The number of carbonyl (C=O) groups excluding carboxylic acids is 1. The van der Waals surface area contributed by atoms with Crippen LogP contribution in [0.25, 0.3) is 0 Å². The largest absolute Gasteiger partial charge is 0.491 e. The van der Waals surface area contributed by atoms with Crippen LogP contribution in [0.5, 0.6) is 5.75 Å². The summed E-state index contributed by atoms with van der Waals surface area (Å²) in [4.78, 5) is 18.8. The van der Waals surface area contributed by atoms with Crippen molar-refractivity contribution in [2.24, 2.45) is 5.41 Å². The Bertz CT molecular complexity index is 707. The summed E-state index contributed by atoms with van der Waals surface area (Å²) in [5, 5.41) is 4.06. The maximum atomic E-state index is 12.7. The predicted molar refractivity (Wildman–Crippen MR) is 95.7 cm³/mol. The van der Waals surface area contributed by atoms with Gasteiger partial charge in [0.2, 0.25) is 5.91 Å². The van der Waals surface area contributed by atoms with Gasteiger partial charge in [-0.15, -0.1) is 0 Å². The zero-order valence-corrected chi connectivity index (χ0v) is 14.9. The van der Waals surface area contributed by atoms with Crippen molar-refractivity contribution in [3.8, 4) is 5.75 Å². The Labute approximate surface area is 151 Å². The third-order valence-corrected chi connectivity index (χ3v) is 5.95. The number of pyridine rings is 1. The second kappa shape index (κ2) is 7.14. The molecule has 0 aliphatic carbocycles. The van der Waals surface area contributed by atoms with Gasteiger partial charge in [0.1, 0.15) is 5.75 Å². The minimum absolute atomic E-state index is 0.113. The third-order valence-electron chi connectivity index (χ3n) is 5.22. The van der Waals surface area contributed by atoms with Crippen LogP contribution in [0.1, 0.15) is 18.4 Å². The number of thiophene rings is 1. The van der Waals surface area contributed by atoms with Crippen LogP contribution in [0, 0.1) is 5.41 Å². The number of ether oxygens (including phenoxy) is 2. The van der Waals surface area contributed by atoms with Crippen LogP contribution in [-0.2, 0) is 16.0 Å². The Kier molecular flexibility index (Phi) is 4.72. The van der Waals surface area contributed by atoms with Gasteiger partial charge in [0.15, 0.2) is 0 Å². The number of likely N-dealkylation sites (tertiary alicyclic amines) is 1. The highest BCUT2D eigenvalue weighted by molar-refractivity contribution is 7.08. The summed E-state index contributed by atoms with van der Waals surface area (Å²) in [5.41, 5.74) is 0.985. The summed E-state index contributed by atoms with van der Waals surface area (Å²) >= 11 is 1.63. The van der Waals surface area contributed by atoms with Gasteiger partial charge in [0.05, 0.1) is 30.7 Å². The third kappa shape index (κ3) is 3.55. The summed E-state index contributed by atoms with van der Waals surface area (Å²) in [6, 6.07) is 5.80. The van der Waals surface area contributed by atoms with E-state index in [1.807, 2.05) is 33.9 Å². The zero-order chi connectivity index (χ0) is 17.1. The Morgan fingerprint density at radius 1 is 1.48 bits per heavy atom. The second-order valence-electron chi connectivity index (χ2n) is 6.86. The van der Waals surface area contributed by atoms with Crippen LogP contribution >= 0.6 is 11.3 Å². The topological polar surface area (TPSA) is 51.7 Å². The minimum Gasteiger partial charge on any atom is -0.491 e. The van der Waals surface area contributed by atoms with Gasteiger partial charge in [0.25, 0.3) is 0 Å². The van der Waals surface area contributed by atoms with Crippen molar-refractivity contribution in [3.05, 3.63) is 46.9 Å². The molecule has 2 atom stereocenters. The first-order valence-electron chi connectivity index (χ1n) is 8.68. The van der Waals surface area contributed by atoms with Crippen LogP contribution in [0.15, 0.2) is 41.4 Å². The van der Waals surface area contributed by atoms with Crippen molar-refractivity contribution >= 4 is 17.2 Å². The predicted octanol–water partition coefficient (Wildman–Crippen LogP) is 2.77. The summed E-state index contributed by atoms with van der Waals surface area (Å²) in [6.07, 6.45) is 5.93. The summed E-state index contributed by atoms with van der Waals surface area (Å²) in [7, 11) is 0. The molecule has 2 aliphatic rings. The van der Waals surface area contributed by atoms with E-state index in [2.05, 4.69) is 4.98 Å². The molecule has 0 aromatic carbocycles. The van der Waals surface area contributed by atoms with Crippen molar-refractivity contribution in [2.45, 2.75) is 25.4 Å². The molecule has 4 heterocycles. The van der Waals surface area contributed by atoms with Crippen LogP contribution < -0.4 is 4.74 Å². The van der Waals surface area contributed by atoms with E-state index in [0.717, 1.165) is 37.3 Å². The highest BCUT2D eigenvalue weighted by atomic mass is 32.1. The van der Waals surface area contributed by atoms with Crippen LogP contribution in [0.4, 0.5) is 0 Å². The van der Waals surface area contributed by atoms with E-state index in [-0.39, 0.29) is 17.4 Å². The molecule has 6 heteroatoms. The first-order chi connectivity index (χ1) is 12.3. The van der Waals surface area contributed by atoms with E-state index in [9.17, 15) is 4.79 Å². The standard InChI is InChI=1S/C19H22N2O3S/c22-18(10-15-4-9-25-12-15)21-7-3-17-19(13-21,5-8-23-17)14-24-16-2-1-6-20-11-16/h1-2,4,6,9,11-12,17H,3,5,7-8,10,13-14H2/t17-,19+/m0/s1. The number of aromatic nitrogens is 1. The molecule has 0 spiro atoms. The number of rotatable bonds is 5. The van der Waals surface area contributed by atoms with Crippen molar-refractivity contribution < 1.29 is 14.3 Å². The Hall–Kier alpha value is -1.92. The SMILES string of the molecule is O=C(Cc1ccsc1)N1CC[C@@H]2OCC[C@]2(COc2cccnc2)C1. The molecule has 25 heavy (non-hydrogen) atoms. The Balaban J connectivity index is 1.44.